The predicted octanol–water partition coefficient (Wildman–Crippen LogP) is 0.890. The second-order valence-electron chi connectivity index (χ2n) is 3.76. The molecule has 0 aliphatic heterocycles. The number of fused-ring (bicyclic) bond motifs is 3. The lowest BCUT2D eigenvalue weighted by Crippen LogP contribution is -2.20. The van der Waals surface area contributed by atoms with Crippen LogP contribution in [0.1, 0.15) is 5.82 Å². The summed E-state index contributed by atoms with van der Waals surface area (Å²) in [5.41, 5.74) is 0.804. The number of aryl methyl sites for hydroxylation is 2. The van der Waals surface area contributed by atoms with E-state index in [1.165, 1.54) is 4.57 Å². The summed E-state index contributed by atoms with van der Waals surface area (Å²) < 4.78 is 3.40. The van der Waals surface area contributed by atoms with Crippen LogP contribution in [-0.4, -0.2) is 19.2 Å². The van der Waals surface area contributed by atoms with Gasteiger partial charge in [-0.05, 0) is 19.1 Å². The van der Waals surface area contributed by atoms with E-state index in [9.17, 15) is 4.79 Å². The summed E-state index contributed by atoms with van der Waals surface area (Å²) in [5, 5.41) is 8.69. The van der Waals surface area contributed by atoms with Crippen LogP contribution in [0, 0.1) is 6.92 Å². The van der Waals surface area contributed by atoms with Crippen molar-refractivity contribution in [2.75, 3.05) is 0 Å². The van der Waals surface area contributed by atoms with E-state index in [0.717, 1.165) is 11.3 Å². The zero-order valence-corrected chi connectivity index (χ0v) is 9.01. The SMILES string of the molecule is Cc1nnc2n(C)c(=O)c3ccccc3n12. The number of hydrogen-bond acceptors (Lipinski definition) is 3. The normalized spacial score (nSPS) is 11.4. The van der Waals surface area contributed by atoms with Gasteiger partial charge < -0.3 is 0 Å². The van der Waals surface area contributed by atoms with Crippen LogP contribution in [0.3, 0.4) is 0 Å². The average molecular weight is 214 g/mol. The summed E-state index contributed by atoms with van der Waals surface area (Å²) in [4.78, 5) is 12.0. The van der Waals surface area contributed by atoms with Crippen molar-refractivity contribution in [2.24, 2.45) is 7.05 Å². The molecule has 2 aromatic heterocycles. The van der Waals surface area contributed by atoms with Crippen molar-refractivity contribution in [2.45, 2.75) is 6.92 Å². The molecule has 0 aliphatic carbocycles. The molecule has 3 aromatic rings. The van der Waals surface area contributed by atoms with Crippen LogP contribution in [0.2, 0.25) is 0 Å². The fourth-order valence-electron chi connectivity index (χ4n) is 1.97. The van der Waals surface area contributed by atoms with Crippen LogP contribution < -0.4 is 5.56 Å². The molecule has 0 amide bonds. The first-order valence-electron chi connectivity index (χ1n) is 4.99. The Morgan fingerprint density at radius 3 is 2.75 bits per heavy atom. The molecule has 0 atom stereocenters. The highest BCUT2D eigenvalue weighted by molar-refractivity contribution is 5.80. The third-order valence-electron chi connectivity index (χ3n) is 2.79. The highest BCUT2D eigenvalue weighted by atomic mass is 16.1. The van der Waals surface area contributed by atoms with Crippen LogP contribution in [-0.2, 0) is 7.05 Å². The van der Waals surface area contributed by atoms with E-state index in [1.54, 1.807) is 7.05 Å². The Bertz CT molecular complexity index is 754. The maximum atomic E-state index is 12.0. The Labute approximate surface area is 91.0 Å². The maximum absolute atomic E-state index is 12.0. The van der Waals surface area contributed by atoms with Crippen LogP contribution >= 0.6 is 0 Å². The molecule has 0 N–H and O–H groups in total. The number of benzene rings is 1. The first-order chi connectivity index (χ1) is 7.70. The Morgan fingerprint density at radius 2 is 1.94 bits per heavy atom. The summed E-state index contributed by atoms with van der Waals surface area (Å²) in [6.07, 6.45) is 0. The van der Waals surface area contributed by atoms with E-state index < -0.39 is 0 Å². The molecular weight excluding hydrogens is 204 g/mol. The number of aromatic nitrogens is 4. The average Bonchev–Trinajstić information content (AvgIpc) is 2.69. The molecule has 0 aliphatic rings. The highest BCUT2D eigenvalue weighted by Gasteiger charge is 2.11. The second kappa shape index (κ2) is 2.91. The molecule has 0 saturated heterocycles. The molecule has 0 bridgehead atoms. The van der Waals surface area contributed by atoms with E-state index in [0.29, 0.717) is 11.2 Å². The molecule has 5 nitrogen and oxygen atoms in total. The van der Waals surface area contributed by atoms with Gasteiger partial charge in [0.1, 0.15) is 5.82 Å². The van der Waals surface area contributed by atoms with E-state index in [1.807, 2.05) is 35.6 Å². The molecule has 0 radical (unpaired) electrons. The zero-order valence-electron chi connectivity index (χ0n) is 9.01. The van der Waals surface area contributed by atoms with Crippen molar-refractivity contribution in [3.05, 3.63) is 40.4 Å². The number of hydrogen-bond donors (Lipinski definition) is 0. The minimum absolute atomic E-state index is 0.0458. The van der Waals surface area contributed by atoms with Gasteiger partial charge in [0.05, 0.1) is 10.9 Å². The predicted molar refractivity (Wildman–Crippen MR) is 60.5 cm³/mol. The van der Waals surface area contributed by atoms with Gasteiger partial charge in [-0.3, -0.25) is 13.8 Å². The molecule has 16 heavy (non-hydrogen) atoms. The quantitative estimate of drug-likeness (QED) is 0.558. The van der Waals surface area contributed by atoms with Crippen LogP contribution in [0.15, 0.2) is 29.1 Å². The van der Waals surface area contributed by atoms with Gasteiger partial charge in [-0.2, -0.15) is 0 Å². The smallest absolute Gasteiger partial charge is 0.262 e. The van der Waals surface area contributed by atoms with Crippen molar-refractivity contribution >= 4 is 16.7 Å². The Morgan fingerprint density at radius 1 is 1.19 bits per heavy atom. The molecular formula is C11H10N4O. The number of para-hydroxylation sites is 1. The second-order valence-corrected chi connectivity index (χ2v) is 3.76. The van der Waals surface area contributed by atoms with Gasteiger partial charge in [-0.15, -0.1) is 10.2 Å². The summed E-state index contributed by atoms with van der Waals surface area (Å²) in [6.45, 7) is 1.87. The van der Waals surface area contributed by atoms with E-state index >= 15 is 0 Å². The van der Waals surface area contributed by atoms with Gasteiger partial charge in [-0.1, -0.05) is 12.1 Å². The molecule has 80 valence electrons. The van der Waals surface area contributed by atoms with Gasteiger partial charge in [0.2, 0.25) is 5.78 Å². The maximum Gasteiger partial charge on any atom is 0.262 e. The molecule has 1 aromatic carbocycles. The van der Waals surface area contributed by atoms with Gasteiger partial charge in [0.15, 0.2) is 0 Å². The third kappa shape index (κ3) is 0.970. The van der Waals surface area contributed by atoms with Crippen molar-refractivity contribution in [3.63, 3.8) is 0 Å². The van der Waals surface area contributed by atoms with Crippen LogP contribution in [0.4, 0.5) is 0 Å². The van der Waals surface area contributed by atoms with Gasteiger partial charge in [0.25, 0.3) is 5.56 Å². The van der Waals surface area contributed by atoms with E-state index in [2.05, 4.69) is 10.2 Å². The van der Waals surface area contributed by atoms with E-state index in [4.69, 9.17) is 0 Å². The minimum Gasteiger partial charge on any atom is -0.279 e. The third-order valence-corrected chi connectivity index (χ3v) is 2.79. The lowest BCUT2D eigenvalue weighted by Gasteiger charge is -2.05. The number of nitrogens with zero attached hydrogens (tertiary/aromatic N) is 4. The summed E-state index contributed by atoms with van der Waals surface area (Å²) in [6, 6.07) is 7.48. The van der Waals surface area contributed by atoms with Crippen molar-refractivity contribution in [1.82, 2.24) is 19.2 Å². The van der Waals surface area contributed by atoms with Crippen molar-refractivity contribution < 1.29 is 0 Å². The summed E-state index contributed by atoms with van der Waals surface area (Å²) in [7, 11) is 1.71. The Hall–Kier alpha value is -2.17. The summed E-state index contributed by atoms with van der Waals surface area (Å²) >= 11 is 0. The van der Waals surface area contributed by atoms with Crippen molar-refractivity contribution in [1.29, 1.82) is 0 Å². The molecule has 0 spiro atoms. The first-order valence-corrected chi connectivity index (χ1v) is 4.99. The zero-order chi connectivity index (χ0) is 11.3. The molecule has 3 rings (SSSR count). The lowest BCUT2D eigenvalue weighted by molar-refractivity contribution is 0.858. The number of rotatable bonds is 0. The van der Waals surface area contributed by atoms with Crippen molar-refractivity contribution in [3.8, 4) is 0 Å². The molecule has 0 saturated carbocycles. The molecule has 5 heteroatoms. The Kier molecular flexibility index (Phi) is 1.65. The largest absolute Gasteiger partial charge is 0.279 e. The highest BCUT2D eigenvalue weighted by Crippen LogP contribution is 2.12. The van der Waals surface area contributed by atoms with Gasteiger partial charge >= 0.3 is 0 Å². The minimum atomic E-state index is -0.0458. The molecule has 0 unspecified atom stereocenters. The fraction of sp³-hybridized carbons (Fsp3) is 0.182. The van der Waals surface area contributed by atoms with Gasteiger partial charge in [0, 0.05) is 7.05 Å². The van der Waals surface area contributed by atoms with Gasteiger partial charge in [-0.25, -0.2) is 0 Å². The lowest BCUT2D eigenvalue weighted by atomic mass is 10.2. The monoisotopic (exact) mass is 214 g/mol. The summed E-state index contributed by atoms with van der Waals surface area (Å²) in [5.74, 6) is 1.35. The Balaban J connectivity index is 2.77. The molecule has 0 fully saturated rings. The fourth-order valence-corrected chi connectivity index (χ4v) is 1.97. The first kappa shape index (κ1) is 9.08. The molecule has 2 heterocycles. The standard InChI is InChI=1S/C11H10N4O/c1-7-12-13-11-14(2)10(16)8-5-3-4-6-9(8)15(7)11/h3-6H,1-2H3. The topological polar surface area (TPSA) is 52.2 Å². The van der Waals surface area contributed by atoms with Crippen LogP contribution in [0.25, 0.3) is 16.7 Å². The van der Waals surface area contributed by atoms with E-state index in [-0.39, 0.29) is 5.56 Å². The van der Waals surface area contributed by atoms with Crippen LogP contribution in [0.5, 0.6) is 0 Å².